The standard InChI is InChI=1S/C21H17BrN6O2S/c1-12-23-24-20-27(12)26-18(11-19(31-20)15-3-7-16(22)8-4-15)14-5-9-17(10-6-14)28-21(29)30-13(2)25-28/h3-10,19H,11H2,1-2H3. The first-order valence-corrected chi connectivity index (χ1v) is 11.2. The maximum Gasteiger partial charge on any atom is 0.441 e. The third kappa shape index (κ3) is 3.88. The van der Waals surface area contributed by atoms with Crippen molar-refractivity contribution in [3.63, 3.8) is 0 Å². The molecular weight excluding hydrogens is 480 g/mol. The van der Waals surface area contributed by atoms with Crippen molar-refractivity contribution in [3.05, 3.63) is 86.4 Å². The number of hydrogen-bond acceptors (Lipinski definition) is 7. The monoisotopic (exact) mass is 496 g/mol. The molecule has 0 saturated carbocycles. The molecule has 1 atom stereocenters. The fraction of sp³-hybridized carbons (Fsp3) is 0.190. The number of fused-ring (bicyclic) bond motifs is 1. The first-order valence-electron chi connectivity index (χ1n) is 9.57. The molecule has 0 bridgehead atoms. The molecule has 0 spiro atoms. The molecule has 1 aliphatic heterocycles. The Morgan fingerprint density at radius 3 is 2.48 bits per heavy atom. The van der Waals surface area contributed by atoms with E-state index in [1.807, 2.05) is 43.3 Å². The molecule has 1 unspecified atom stereocenters. The lowest BCUT2D eigenvalue weighted by Crippen LogP contribution is -2.14. The lowest BCUT2D eigenvalue weighted by atomic mass is 10.0. The fourth-order valence-electron chi connectivity index (χ4n) is 3.40. The second kappa shape index (κ2) is 7.93. The van der Waals surface area contributed by atoms with E-state index < -0.39 is 5.76 Å². The summed E-state index contributed by atoms with van der Waals surface area (Å²) in [5.74, 6) is 0.554. The Morgan fingerprint density at radius 2 is 1.81 bits per heavy atom. The first-order chi connectivity index (χ1) is 15.0. The summed E-state index contributed by atoms with van der Waals surface area (Å²) in [4.78, 5) is 11.9. The number of nitrogens with zero attached hydrogens (tertiary/aromatic N) is 6. The van der Waals surface area contributed by atoms with E-state index >= 15 is 0 Å². The third-order valence-electron chi connectivity index (χ3n) is 4.95. The molecular formula is C21H17BrN6O2S. The van der Waals surface area contributed by atoms with Crippen LogP contribution in [0.4, 0.5) is 0 Å². The topological polar surface area (TPSA) is 91.1 Å². The molecule has 2 aromatic heterocycles. The summed E-state index contributed by atoms with van der Waals surface area (Å²) in [5.41, 5.74) is 3.70. The zero-order valence-electron chi connectivity index (χ0n) is 16.7. The van der Waals surface area contributed by atoms with Gasteiger partial charge in [0.05, 0.1) is 11.4 Å². The Balaban J connectivity index is 1.54. The fourth-order valence-corrected chi connectivity index (χ4v) is 4.82. The molecule has 0 radical (unpaired) electrons. The van der Waals surface area contributed by atoms with Crippen molar-refractivity contribution in [3.8, 4) is 5.69 Å². The SMILES string of the molecule is Cc1nn(-c2ccc(C3=Nn4c(C)nnc4SC(c4ccc(Br)cc4)C3)cc2)c(=O)o1. The molecule has 2 aromatic carbocycles. The van der Waals surface area contributed by atoms with Gasteiger partial charge >= 0.3 is 5.76 Å². The van der Waals surface area contributed by atoms with E-state index in [1.165, 1.54) is 10.2 Å². The average molecular weight is 497 g/mol. The minimum atomic E-state index is -0.506. The second-order valence-corrected chi connectivity index (χ2v) is 9.18. The maximum absolute atomic E-state index is 11.9. The van der Waals surface area contributed by atoms with Crippen molar-refractivity contribution in [1.29, 1.82) is 0 Å². The number of rotatable bonds is 3. The average Bonchev–Trinajstić information content (AvgIpc) is 3.21. The number of thioether (sulfide) groups is 1. The van der Waals surface area contributed by atoms with E-state index in [0.717, 1.165) is 33.1 Å². The zero-order chi connectivity index (χ0) is 21.5. The van der Waals surface area contributed by atoms with Gasteiger partial charge in [-0.1, -0.05) is 52.0 Å². The van der Waals surface area contributed by atoms with Gasteiger partial charge in [0.1, 0.15) is 0 Å². The van der Waals surface area contributed by atoms with Gasteiger partial charge in [0.2, 0.25) is 11.0 Å². The molecule has 0 fully saturated rings. The van der Waals surface area contributed by atoms with Crippen LogP contribution in [0.3, 0.4) is 0 Å². The largest absolute Gasteiger partial charge is 0.441 e. The highest BCUT2D eigenvalue weighted by Crippen LogP contribution is 2.40. The summed E-state index contributed by atoms with van der Waals surface area (Å²) in [6.45, 7) is 3.53. The molecule has 156 valence electrons. The highest BCUT2D eigenvalue weighted by molar-refractivity contribution is 9.10. The van der Waals surface area contributed by atoms with Crippen LogP contribution in [0.25, 0.3) is 5.69 Å². The number of hydrogen-bond donors (Lipinski definition) is 0. The predicted molar refractivity (Wildman–Crippen MR) is 121 cm³/mol. The first kappa shape index (κ1) is 20.0. The van der Waals surface area contributed by atoms with Crippen LogP contribution in [0.1, 0.15) is 34.5 Å². The van der Waals surface area contributed by atoms with Crippen molar-refractivity contribution in [2.45, 2.75) is 30.7 Å². The van der Waals surface area contributed by atoms with Crippen LogP contribution in [-0.2, 0) is 0 Å². The molecule has 0 N–H and O–H groups in total. The summed E-state index contributed by atoms with van der Waals surface area (Å²) in [7, 11) is 0. The Bertz CT molecular complexity index is 1340. The van der Waals surface area contributed by atoms with Crippen LogP contribution in [-0.4, -0.2) is 30.4 Å². The van der Waals surface area contributed by atoms with Crippen LogP contribution in [0, 0.1) is 13.8 Å². The molecule has 10 heteroatoms. The minimum Gasteiger partial charge on any atom is -0.392 e. The number of halogens is 1. The Hall–Kier alpha value is -2.98. The molecule has 8 nitrogen and oxygen atoms in total. The zero-order valence-corrected chi connectivity index (χ0v) is 19.1. The molecule has 0 saturated heterocycles. The Morgan fingerprint density at radius 1 is 1.06 bits per heavy atom. The minimum absolute atomic E-state index is 0.136. The van der Waals surface area contributed by atoms with Crippen molar-refractivity contribution in [2.24, 2.45) is 5.10 Å². The number of aryl methyl sites for hydroxylation is 2. The van der Waals surface area contributed by atoms with Gasteiger partial charge in [-0.2, -0.15) is 14.5 Å². The molecule has 0 aliphatic carbocycles. The van der Waals surface area contributed by atoms with Gasteiger partial charge in [-0.3, -0.25) is 0 Å². The third-order valence-corrected chi connectivity index (χ3v) is 6.67. The number of aromatic nitrogens is 5. The normalized spacial score (nSPS) is 16.0. The van der Waals surface area contributed by atoms with E-state index in [9.17, 15) is 4.79 Å². The quantitative estimate of drug-likeness (QED) is 0.420. The van der Waals surface area contributed by atoms with Gasteiger partial charge in [-0.25, -0.2) is 4.79 Å². The van der Waals surface area contributed by atoms with Gasteiger partial charge in [0.25, 0.3) is 0 Å². The summed E-state index contributed by atoms with van der Waals surface area (Å²) < 4.78 is 9.07. The summed E-state index contributed by atoms with van der Waals surface area (Å²) in [6, 6.07) is 15.9. The lowest BCUT2D eigenvalue weighted by molar-refractivity contribution is 0.477. The van der Waals surface area contributed by atoms with Gasteiger partial charge in [0, 0.05) is 23.1 Å². The maximum atomic E-state index is 11.9. The van der Waals surface area contributed by atoms with Crippen LogP contribution in [0.15, 0.2) is 72.5 Å². The summed E-state index contributed by atoms with van der Waals surface area (Å²) in [6.07, 6.45) is 0.720. The molecule has 3 heterocycles. The van der Waals surface area contributed by atoms with Gasteiger partial charge in [-0.15, -0.1) is 15.3 Å². The predicted octanol–water partition coefficient (Wildman–Crippen LogP) is 4.29. The highest BCUT2D eigenvalue weighted by Gasteiger charge is 2.25. The van der Waals surface area contributed by atoms with Crippen molar-refractivity contribution >= 4 is 33.4 Å². The second-order valence-electron chi connectivity index (χ2n) is 7.10. The molecule has 0 amide bonds. The van der Waals surface area contributed by atoms with Crippen LogP contribution < -0.4 is 5.76 Å². The lowest BCUT2D eigenvalue weighted by Gasteiger charge is -2.15. The van der Waals surface area contributed by atoms with Crippen molar-refractivity contribution in [2.75, 3.05) is 0 Å². The van der Waals surface area contributed by atoms with E-state index in [4.69, 9.17) is 9.52 Å². The van der Waals surface area contributed by atoms with E-state index in [1.54, 1.807) is 23.4 Å². The summed E-state index contributed by atoms with van der Waals surface area (Å²) in [5, 5.41) is 18.4. The summed E-state index contributed by atoms with van der Waals surface area (Å²) >= 11 is 5.15. The van der Waals surface area contributed by atoms with Gasteiger partial charge < -0.3 is 4.42 Å². The van der Waals surface area contributed by atoms with Gasteiger partial charge in [-0.05, 0) is 42.3 Å². The van der Waals surface area contributed by atoms with E-state index in [0.29, 0.717) is 11.6 Å². The molecule has 1 aliphatic rings. The van der Waals surface area contributed by atoms with Crippen LogP contribution in [0.2, 0.25) is 0 Å². The van der Waals surface area contributed by atoms with Gasteiger partial charge in [0.15, 0.2) is 5.82 Å². The number of benzene rings is 2. The van der Waals surface area contributed by atoms with Crippen LogP contribution >= 0.6 is 27.7 Å². The van der Waals surface area contributed by atoms with E-state index in [2.05, 4.69) is 43.4 Å². The Labute approximate surface area is 190 Å². The van der Waals surface area contributed by atoms with Crippen molar-refractivity contribution in [1.82, 2.24) is 24.7 Å². The smallest absolute Gasteiger partial charge is 0.392 e. The van der Waals surface area contributed by atoms with Crippen LogP contribution in [0.5, 0.6) is 0 Å². The Kier molecular flexibility index (Phi) is 5.11. The molecule has 31 heavy (non-hydrogen) atoms. The van der Waals surface area contributed by atoms with E-state index in [-0.39, 0.29) is 5.25 Å². The van der Waals surface area contributed by atoms with Crippen molar-refractivity contribution < 1.29 is 4.42 Å². The highest BCUT2D eigenvalue weighted by atomic mass is 79.9. The molecule has 4 aromatic rings. The molecule has 5 rings (SSSR count).